The van der Waals surface area contributed by atoms with E-state index in [1.165, 1.54) is 0 Å². The van der Waals surface area contributed by atoms with Crippen molar-refractivity contribution >= 4 is 37.6 Å². The van der Waals surface area contributed by atoms with Gasteiger partial charge in [-0.05, 0) is 46.3 Å². The second kappa shape index (κ2) is 4.74. The van der Waals surface area contributed by atoms with E-state index in [-0.39, 0.29) is 17.6 Å². The summed E-state index contributed by atoms with van der Waals surface area (Å²) in [4.78, 5) is 16.9. The van der Waals surface area contributed by atoms with E-state index in [1.807, 2.05) is 18.2 Å². The summed E-state index contributed by atoms with van der Waals surface area (Å²) in [6.07, 6.45) is 9.71. The summed E-state index contributed by atoms with van der Waals surface area (Å²) in [5.74, 6) is 0.322. The summed E-state index contributed by atoms with van der Waals surface area (Å²) in [5, 5.41) is 0. The van der Waals surface area contributed by atoms with Crippen LogP contribution in [0, 0.1) is 11.8 Å². The number of hydrogen-bond acceptors (Lipinski definition) is 2. The molecule has 0 aliphatic heterocycles. The van der Waals surface area contributed by atoms with Crippen molar-refractivity contribution in [1.29, 1.82) is 0 Å². The summed E-state index contributed by atoms with van der Waals surface area (Å²) < 4.78 is 1.90. The number of hydrogen-bond donors (Lipinski definition) is 0. The lowest BCUT2D eigenvalue weighted by Crippen LogP contribution is -2.24. The van der Waals surface area contributed by atoms with E-state index in [2.05, 4.69) is 42.9 Å². The number of fused-ring (bicyclic) bond motifs is 2. The Kier molecular flexibility index (Phi) is 3.24. The molecule has 2 atom stereocenters. The number of aromatic nitrogens is 1. The Bertz CT molecular complexity index is 577. The van der Waals surface area contributed by atoms with E-state index in [9.17, 15) is 4.79 Å². The van der Waals surface area contributed by atoms with Crippen LogP contribution in [0.25, 0.3) is 0 Å². The van der Waals surface area contributed by atoms with Gasteiger partial charge in [0.15, 0.2) is 5.78 Å². The third kappa shape index (κ3) is 2.01. The molecule has 92 valence electrons. The Morgan fingerprint density at radius 1 is 1.33 bits per heavy atom. The molecule has 0 N–H and O–H groups in total. The van der Waals surface area contributed by atoms with Crippen molar-refractivity contribution in [3.63, 3.8) is 0 Å². The summed E-state index contributed by atoms with van der Waals surface area (Å²) >= 11 is 6.94. The highest BCUT2D eigenvalue weighted by Crippen LogP contribution is 2.38. The van der Waals surface area contributed by atoms with Gasteiger partial charge in [-0.1, -0.05) is 34.2 Å². The standard InChI is InChI=1S/C14H11Br2NO/c15-10-6-9-5-4-8-2-1-3-11(16)12(8)14(18)13(9)17-7-10/h1-3,6-8,12H,4-5H2. The van der Waals surface area contributed by atoms with Crippen molar-refractivity contribution in [2.24, 2.45) is 11.8 Å². The van der Waals surface area contributed by atoms with Crippen molar-refractivity contribution in [1.82, 2.24) is 4.98 Å². The maximum absolute atomic E-state index is 12.6. The monoisotopic (exact) mass is 367 g/mol. The number of allylic oxidation sites excluding steroid dienone is 4. The van der Waals surface area contributed by atoms with Gasteiger partial charge in [0.2, 0.25) is 0 Å². The van der Waals surface area contributed by atoms with Crippen molar-refractivity contribution in [2.45, 2.75) is 12.8 Å². The molecule has 1 aromatic heterocycles. The number of Topliss-reactive ketones (excluding diaryl/α,β-unsaturated/α-hetero) is 1. The van der Waals surface area contributed by atoms with Gasteiger partial charge in [0.05, 0.1) is 5.92 Å². The lowest BCUT2D eigenvalue weighted by atomic mass is 9.83. The Morgan fingerprint density at radius 3 is 3.00 bits per heavy atom. The van der Waals surface area contributed by atoms with Crippen LogP contribution in [0.3, 0.4) is 0 Å². The summed E-state index contributed by atoms with van der Waals surface area (Å²) in [7, 11) is 0. The Morgan fingerprint density at radius 2 is 2.17 bits per heavy atom. The zero-order valence-electron chi connectivity index (χ0n) is 9.57. The quantitative estimate of drug-likeness (QED) is 0.691. The summed E-state index contributed by atoms with van der Waals surface area (Å²) in [5.41, 5.74) is 1.68. The molecule has 0 saturated carbocycles. The van der Waals surface area contributed by atoms with E-state index < -0.39 is 0 Å². The normalized spacial score (nSPS) is 26.1. The Labute approximate surface area is 122 Å². The highest BCUT2D eigenvalue weighted by Gasteiger charge is 2.35. The summed E-state index contributed by atoms with van der Waals surface area (Å²) in [6.45, 7) is 0. The second-order valence-electron chi connectivity index (χ2n) is 4.64. The number of nitrogens with zero attached hydrogens (tertiary/aromatic N) is 1. The largest absolute Gasteiger partial charge is 0.292 e. The first-order chi connectivity index (χ1) is 8.66. The second-order valence-corrected chi connectivity index (χ2v) is 6.47. The molecule has 18 heavy (non-hydrogen) atoms. The molecular weight excluding hydrogens is 358 g/mol. The number of ketones is 1. The third-order valence-electron chi connectivity index (χ3n) is 3.54. The first kappa shape index (κ1) is 12.3. The maximum atomic E-state index is 12.6. The zero-order chi connectivity index (χ0) is 12.7. The molecule has 1 heterocycles. The van der Waals surface area contributed by atoms with Crippen LogP contribution in [0.4, 0.5) is 0 Å². The zero-order valence-corrected chi connectivity index (χ0v) is 12.7. The molecule has 0 amide bonds. The molecule has 2 aliphatic rings. The lowest BCUT2D eigenvalue weighted by Gasteiger charge is -2.23. The van der Waals surface area contributed by atoms with Gasteiger partial charge in [-0.25, -0.2) is 0 Å². The number of carbonyl (C=O) groups is 1. The van der Waals surface area contributed by atoms with E-state index in [0.717, 1.165) is 27.4 Å². The lowest BCUT2D eigenvalue weighted by molar-refractivity contribution is 0.0917. The fraction of sp³-hybridized carbons (Fsp3) is 0.286. The molecular formula is C14H11Br2NO. The number of aryl methyl sites for hydroxylation is 1. The van der Waals surface area contributed by atoms with Gasteiger partial charge in [0.25, 0.3) is 0 Å². The van der Waals surface area contributed by atoms with E-state index in [4.69, 9.17) is 0 Å². The van der Waals surface area contributed by atoms with Crippen LogP contribution in [0.1, 0.15) is 22.5 Å². The Hall–Kier alpha value is -0.740. The molecule has 2 nitrogen and oxygen atoms in total. The molecule has 0 radical (unpaired) electrons. The van der Waals surface area contributed by atoms with Crippen LogP contribution in [-0.4, -0.2) is 10.8 Å². The minimum Gasteiger partial charge on any atom is -0.292 e. The number of pyridine rings is 1. The van der Waals surface area contributed by atoms with Crippen LogP contribution in [0.5, 0.6) is 0 Å². The molecule has 2 aliphatic carbocycles. The van der Waals surface area contributed by atoms with Crippen LogP contribution >= 0.6 is 31.9 Å². The predicted octanol–water partition coefficient (Wildman–Crippen LogP) is 4.05. The average molecular weight is 369 g/mol. The molecule has 0 spiro atoms. The van der Waals surface area contributed by atoms with E-state index in [1.54, 1.807) is 6.20 Å². The molecule has 0 bridgehead atoms. The van der Waals surface area contributed by atoms with E-state index >= 15 is 0 Å². The van der Waals surface area contributed by atoms with Gasteiger partial charge in [0.1, 0.15) is 5.69 Å². The molecule has 0 aromatic carbocycles. The SMILES string of the molecule is O=C1c2ncc(Br)cc2CCC2C=CC=C(Br)C12. The third-order valence-corrected chi connectivity index (χ3v) is 4.73. The first-order valence-corrected chi connectivity index (χ1v) is 7.48. The van der Waals surface area contributed by atoms with Gasteiger partial charge < -0.3 is 0 Å². The van der Waals surface area contributed by atoms with Crippen molar-refractivity contribution < 1.29 is 4.79 Å². The fourth-order valence-electron chi connectivity index (χ4n) is 2.66. The number of rotatable bonds is 0. The van der Waals surface area contributed by atoms with Crippen LogP contribution in [-0.2, 0) is 6.42 Å². The highest BCUT2D eigenvalue weighted by molar-refractivity contribution is 9.11. The fourth-order valence-corrected chi connectivity index (χ4v) is 3.73. The van der Waals surface area contributed by atoms with Crippen molar-refractivity contribution in [3.8, 4) is 0 Å². The van der Waals surface area contributed by atoms with Gasteiger partial charge in [-0.2, -0.15) is 0 Å². The van der Waals surface area contributed by atoms with Crippen molar-refractivity contribution in [2.75, 3.05) is 0 Å². The Balaban J connectivity index is 2.09. The highest BCUT2D eigenvalue weighted by atomic mass is 79.9. The molecule has 4 heteroatoms. The molecule has 2 unspecified atom stereocenters. The molecule has 1 aromatic rings. The van der Waals surface area contributed by atoms with Gasteiger partial charge in [-0.15, -0.1) is 0 Å². The maximum Gasteiger partial charge on any atom is 0.190 e. The minimum atomic E-state index is -0.0927. The minimum absolute atomic E-state index is 0.0927. The number of carbonyl (C=O) groups excluding carboxylic acids is 1. The van der Waals surface area contributed by atoms with Crippen LogP contribution < -0.4 is 0 Å². The first-order valence-electron chi connectivity index (χ1n) is 5.89. The summed E-state index contributed by atoms with van der Waals surface area (Å²) in [6, 6.07) is 2.01. The molecule has 0 fully saturated rings. The number of halogens is 2. The van der Waals surface area contributed by atoms with Gasteiger partial charge >= 0.3 is 0 Å². The molecule has 3 rings (SSSR count). The topological polar surface area (TPSA) is 30.0 Å². The predicted molar refractivity (Wildman–Crippen MR) is 77.7 cm³/mol. The average Bonchev–Trinajstić information content (AvgIpc) is 2.48. The van der Waals surface area contributed by atoms with Crippen LogP contribution in [0.2, 0.25) is 0 Å². The van der Waals surface area contributed by atoms with Crippen LogP contribution in [0.15, 0.2) is 39.4 Å². The van der Waals surface area contributed by atoms with Crippen molar-refractivity contribution in [3.05, 3.63) is 50.7 Å². The van der Waals surface area contributed by atoms with Gasteiger partial charge in [0, 0.05) is 15.2 Å². The molecule has 0 saturated heterocycles. The van der Waals surface area contributed by atoms with E-state index in [0.29, 0.717) is 5.69 Å². The smallest absolute Gasteiger partial charge is 0.190 e. The van der Waals surface area contributed by atoms with Gasteiger partial charge in [-0.3, -0.25) is 9.78 Å².